The van der Waals surface area contributed by atoms with Crippen molar-refractivity contribution in [1.82, 2.24) is 5.32 Å². The van der Waals surface area contributed by atoms with E-state index in [-0.39, 0.29) is 24.5 Å². The first-order chi connectivity index (χ1) is 11.2. The van der Waals surface area contributed by atoms with Crippen LogP contribution in [0.1, 0.15) is 38.2 Å². The van der Waals surface area contributed by atoms with Gasteiger partial charge in [-0.15, -0.1) is 0 Å². The maximum atomic E-state index is 14.3. The number of hydrogen-bond donors (Lipinski definition) is 1. The van der Waals surface area contributed by atoms with E-state index >= 15 is 0 Å². The number of fused-ring (bicyclic) bond motifs is 2. The Balaban J connectivity index is 1.38. The Morgan fingerprint density at radius 1 is 1.22 bits per heavy atom. The van der Waals surface area contributed by atoms with E-state index in [9.17, 15) is 4.39 Å². The number of benzene rings is 1. The first kappa shape index (κ1) is 15.1. The van der Waals surface area contributed by atoms with Crippen molar-refractivity contribution in [3.8, 4) is 5.75 Å². The lowest BCUT2D eigenvalue weighted by Crippen LogP contribution is -2.42. The van der Waals surface area contributed by atoms with Crippen LogP contribution in [-0.4, -0.2) is 30.8 Å². The Kier molecular flexibility index (Phi) is 4.09. The summed E-state index contributed by atoms with van der Waals surface area (Å²) in [4.78, 5) is 0. The largest absolute Gasteiger partial charge is 0.487 e. The molecule has 124 valence electrons. The average molecular weight is 319 g/mol. The van der Waals surface area contributed by atoms with Gasteiger partial charge in [0.15, 0.2) is 24.1 Å². The molecule has 0 spiro atoms. The molecule has 0 aromatic heterocycles. The molecule has 4 rings (SSSR count). The number of rotatable bonds is 4. The van der Waals surface area contributed by atoms with Crippen LogP contribution in [0.5, 0.6) is 5.75 Å². The van der Waals surface area contributed by atoms with E-state index in [1.165, 1.54) is 18.9 Å². The maximum absolute atomic E-state index is 14.3. The molecule has 4 nitrogen and oxygen atoms in total. The third-order valence-electron chi connectivity index (χ3n) is 4.78. The SMILES string of the molecule is CC1OC(/C=C/c2ccc(OC3C[C@H]4CC[C@@H](C3)N4)c(F)c2)O1. The lowest BCUT2D eigenvalue weighted by molar-refractivity contribution is -0.354. The summed E-state index contributed by atoms with van der Waals surface area (Å²) in [5.74, 6) is 0.0278. The summed E-state index contributed by atoms with van der Waals surface area (Å²) >= 11 is 0. The number of nitrogens with one attached hydrogen (secondary N) is 1. The van der Waals surface area contributed by atoms with Gasteiger partial charge in [-0.05, 0) is 56.4 Å². The highest BCUT2D eigenvalue weighted by Gasteiger charge is 2.34. The fourth-order valence-corrected chi connectivity index (χ4v) is 3.67. The summed E-state index contributed by atoms with van der Waals surface area (Å²) in [6, 6.07) is 6.13. The summed E-state index contributed by atoms with van der Waals surface area (Å²) in [7, 11) is 0. The molecular weight excluding hydrogens is 297 g/mol. The van der Waals surface area contributed by atoms with E-state index in [0.29, 0.717) is 17.8 Å². The molecule has 0 saturated carbocycles. The van der Waals surface area contributed by atoms with Crippen molar-refractivity contribution in [1.29, 1.82) is 0 Å². The summed E-state index contributed by atoms with van der Waals surface area (Å²) in [5.41, 5.74) is 0.770. The predicted octanol–water partition coefficient (Wildman–Crippen LogP) is 3.22. The van der Waals surface area contributed by atoms with Crippen molar-refractivity contribution in [2.45, 2.75) is 63.4 Å². The minimum Gasteiger partial charge on any atom is -0.487 e. The second kappa shape index (κ2) is 6.23. The van der Waals surface area contributed by atoms with E-state index in [1.54, 1.807) is 18.2 Å². The van der Waals surface area contributed by atoms with Gasteiger partial charge < -0.3 is 19.5 Å². The molecule has 3 aliphatic heterocycles. The first-order valence-corrected chi connectivity index (χ1v) is 8.37. The molecule has 0 amide bonds. The molecule has 3 aliphatic rings. The van der Waals surface area contributed by atoms with Crippen LogP contribution >= 0.6 is 0 Å². The topological polar surface area (TPSA) is 39.7 Å². The first-order valence-electron chi connectivity index (χ1n) is 8.37. The van der Waals surface area contributed by atoms with Gasteiger partial charge in [0, 0.05) is 12.1 Å². The highest BCUT2D eigenvalue weighted by molar-refractivity contribution is 5.51. The van der Waals surface area contributed by atoms with Gasteiger partial charge in [0.25, 0.3) is 0 Å². The quantitative estimate of drug-likeness (QED) is 0.925. The maximum Gasteiger partial charge on any atom is 0.183 e. The highest BCUT2D eigenvalue weighted by Crippen LogP contribution is 2.31. The Labute approximate surface area is 135 Å². The van der Waals surface area contributed by atoms with Gasteiger partial charge in [-0.25, -0.2) is 4.39 Å². The second-order valence-electron chi connectivity index (χ2n) is 6.61. The third kappa shape index (κ3) is 3.42. The van der Waals surface area contributed by atoms with E-state index in [2.05, 4.69) is 5.32 Å². The van der Waals surface area contributed by atoms with Gasteiger partial charge in [-0.3, -0.25) is 0 Å². The molecule has 0 radical (unpaired) electrons. The smallest absolute Gasteiger partial charge is 0.183 e. The van der Waals surface area contributed by atoms with Crippen LogP contribution in [0.15, 0.2) is 24.3 Å². The lowest BCUT2D eigenvalue weighted by atomic mass is 10.0. The highest BCUT2D eigenvalue weighted by atomic mass is 19.1. The van der Waals surface area contributed by atoms with Crippen molar-refractivity contribution < 1.29 is 18.6 Å². The Morgan fingerprint density at radius 2 is 1.96 bits per heavy atom. The van der Waals surface area contributed by atoms with Crippen LogP contribution in [0.3, 0.4) is 0 Å². The number of halogens is 1. The van der Waals surface area contributed by atoms with E-state index in [0.717, 1.165) is 18.4 Å². The molecule has 1 N–H and O–H groups in total. The van der Waals surface area contributed by atoms with Crippen LogP contribution in [0, 0.1) is 5.82 Å². The van der Waals surface area contributed by atoms with Gasteiger partial charge in [-0.2, -0.15) is 0 Å². The van der Waals surface area contributed by atoms with Crippen LogP contribution in [-0.2, 0) is 9.47 Å². The number of ether oxygens (including phenoxy) is 3. The monoisotopic (exact) mass is 319 g/mol. The van der Waals surface area contributed by atoms with Crippen molar-refractivity contribution in [2.24, 2.45) is 0 Å². The standard InChI is InChI=1S/C18H22FNO3/c1-11-21-18(22-11)7-3-12-2-6-17(16(19)8-12)23-15-9-13-4-5-14(10-15)20-13/h2-3,6-8,11,13-15,18,20H,4-5,9-10H2,1H3/b7-3+/t11?,13-,14+,15?,18?. The lowest BCUT2D eigenvalue weighted by Gasteiger charge is -2.31. The van der Waals surface area contributed by atoms with Crippen molar-refractivity contribution in [2.75, 3.05) is 0 Å². The molecule has 1 unspecified atom stereocenters. The molecule has 2 bridgehead atoms. The molecule has 5 heteroatoms. The molecule has 3 saturated heterocycles. The minimum absolute atomic E-state index is 0.114. The second-order valence-corrected chi connectivity index (χ2v) is 6.61. The summed E-state index contributed by atoms with van der Waals surface area (Å²) in [6.45, 7) is 1.84. The molecule has 1 aromatic rings. The fourth-order valence-electron chi connectivity index (χ4n) is 3.67. The number of hydrogen-bond acceptors (Lipinski definition) is 4. The third-order valence-corrected chi connectivity index (χ3v) is 4.78. The molecule has 0 aliphatic carbocycles. The van der Waals surface area contributed by atoms with Gasteiger partial charge in [-0.1, -0.05) is 12.1 Å². The van der Waals surface area contributed by atoms with E-state index in [1.807, 2.05) is 13.0 Å². The van der Waals surface area contributed by atoms with Gasteiger partial charge in [0.2, 0.25) is 0 Å². The van der Waals surface area contributed by atoms with Crippen LogP contribution in [0.25, 0.3) is 6.08 Å². The fraction of sp³-hybridized carbons (Fsp3) is 0.556. The normalized spacial score (nSPS) is 36.2. The molecule has 23 heavy (non-hydrogen) atoms. The summed E-state index contributed by atoms with van der Waals surface area (Å²) in [6.07, 6.45) is 7.56. The molecular formula is C18H22FNO3. The average Bonchev–Trinajstić information content (AvgIpc) is 2.84. The van der Waals surface area contributed by atoms with Gasteiger partial charge in [0.05, 0.1) is 0 Å². The molecule has 1 aromatic carbocycles. The zero-order valence-corrected chi connectivity index (χ0v) is 13.2. The zero-order chi connectivity index (χ0) is 15.8. The summed E-state index contributed by atoms with van der Waals surface area (Å²) < 4.78 is 30.8. The molecule has 3 fully saturated rings. The minimum atomic E-state index is -0.325. The van der Waals surface area contributed by atoms with Gasteiger partial charge in [0.1, 0.15) is 6.10 Å². The van der Waals surface area contributed by atoms with E-state index in [4.69, 9.17) is 14.2 Å². The Hall–Kier alpha value is -1.43. The Morgan fingerprint density at radius 3 is 2.61 bits per heavy atom. The van der Waals surface area contributed by atoms with Crippen LogP contribution in [0.4, 0.5) is 4.39 Å². The van der Waals surface area contributed by atoms with Crippen molar-refractivity contribution in [3.05, 3.63) is 35.7 Å². The van der Waals surface area contributed by atoms with E-state index < -0.39 is 0 Å². The van der Waals surface area contributed by atoms with Crippen LogP contribution < -0.4 is 10.1 Å². The molecule has 3 atom stereocenters. The van der Waals surface area contributed by atoms with Crippen LogP contribution in [0.2, 0.25) is 0 Å². The Bertz CT molecular complexity index is 588. The molecule has 3 heterocycles. The van der Waals surface area contributed by atoms with Crippen molar-refractivity contribution in [3.63, 3.8) is 0 Å². The number of piperidine rings is 1. The van der Waals surface area contributed by atoms with Crippen molar-refractivity contribution >= 4 is 6.08 Å². The van der Waals surface area contributed by atoms with Gasteiger partial charge >= 0.3 is 0 Å². The summed E-state index contributed by atoms with van der Waals surface area (Å²) in [5, 5.41) is 3.56. The zero-order valence-electron chi connectivity index (χ0n) is 13.2. The predicted molar refractivity (Wildman–Crippen MR) is 84.4 cm³/mol.